The van der Waals surface area contributed by atoms with Gasteiger partial charge in [0.1, 0.15) is 10.3 Å². The molecule has 2 heterocycles. The summed E-state index contributed by atoms with van der Waals surface area (Å²) in [6, 6.07) is 4.09. The largest absolute Gasteiger partial charge is 0.267 e. The number of aromatic amines is 1. The average molecular weight is 222 g/mol. The van der Waals surface area contributed by atoms with Crippen LogP contribution in [0.2, 0.25) is 0 Å². The Bertz CT molecular complexity index is 497. The maximum absolute atomic E-state index is 5.12. The molecule has 0 amide bonds. The minimum Gasteiger partial charge on any atom is -0.267 e. The topological polar surface area (TPSA) is 28.7 Å². The first kappa shape index (κ1) is 9.55. The van der Waals surface area contributed by atoms with E-state index in [2.05, 4.69) is 23.2 Å². The van der Waals surface area contributed by atoms with Crippen molar-refractivity contribution in [3.05, 3.63) is 33.3 Å². The summed E-state index contributed by atoms with van der Waals surface area (Å²) in [5.41, 5.74) is 3.28. The summed E-state index contributed by atoms with van der Waals surface area (Å²) >= 11 is 6.80. The summed E-state index contributed by atoms with van der Waals surface area (Å²) in [6.07, 6.45) is 0. The lowest BCUT2D eigenvalue weighted by Crippen LogP contribution is -1.94. The van der Waals surface area contributed by atoms with Crippen LogP contribution in [0, 0.1) is 18.5 Å². The highest BCUT2D eigenvalue weighted by molar-refractivity contribution is 7.71. The number of nitrogens with one attached hydrogen (secondary N) is 1. The molecule has 4 heteroatoms. The van der Waals surface area contributed by atoms with Gasteiger partial charge in [-0.2, -0.15) is 5.10 Å². The van der Waals surface area contributed by atoms with Crippen molar-refractivity contribution in [1.29, 1.82) is 0 Å². The highest BCUT2D eigenvalue weighted by atomic mass is 32.1. The van der Waals surface area contributed by atoms with Crippen LogP contribution < -0.4 is 0 Å². The van der Waals surface area contributed by atoms with Crippen LogP contribution in [0.5, 0.6) is 0 Å². The van der Waals surface area contributed by atoms with Crippen LogP contribution in [0.1, 0.15) is 11.1 Å². The molecule has 2 rings (SSSR count). The number of hydrogen-bond acceptors (Lipinski definition) is 3. The lowest BCUT2D eigenvalue weighted by molar-refractivity contribution is 0.990. The van der Waals surface area contributed by atoms with Gasteiger partial charge in [-0.1, -0.05) is 18.3 Å². The molecular formula is C10H10N2S2. The van der Waals surface area contributed by atoms with Gasteiger partial charge in [-0.05, 0) is 36.4 Å². The van der Waals surface area contributed by atoms with Gasteiger partial charge in [0, 0.05) is 0 Å². The molecule has 2 aromatic heterocycles. The van der Waals surface area contributed by atoms with Gasteiger partial charge in [-0.15, -0.1) is 11.3 Å². The first-order valence-electron chi connectivity index (χ1n) is 4.30. The van der Waals surface area contributed by atoms with Gasteiger partial charge in [0.05, 0.1) is 4.88 Å². The van der Waals surface area contributed by atoms with Gasteiger partial charge in [0.2, 0.25) is 0 Å². The number of nitrogens with zero attached hydrogens (tertiary/aromatic N) is 1. The molecule has 2 nitrogen and oxygen atoms in total. The number of rotatable bonds is 1. The van der Waals surface area contributed by atoms with E-state index in [4.69, 9.17) is 12.2 Å². The Morgan fingerprint density at radius 1 is 1.36 bits per heavy atom. The average Bonchev–Trinajstić information content (AvgIpc) is 2.67. The summed E-state index contributed by atoms with van der Waals surface area (Å²) in [5.74, 6) is 0. The zero-order valence-corrected chi connectivity index (χ0v) is 9.63. The summed E-state index contributed by atoms with van der Waals surface area (Å²) in [7, 11) is 0. The van der Waals surface area contributed by atoms with E-state index >= 15 is 0 Å². The van der Waals surface area contributed by atoms with E-state index in [-0.39, 0.29) is 0 Å². The minimum atomic E-state index is 0.725. The van der Waals surface area contributed by atoms with E-state index in [9.17, 15) is 0 Å². The van der Waals surface area contributed by atoms with Crippen molar-refractivity contribution in [3.63, 3.8) is 0 Å². The van der Waals surface area contributed by atoms with Crippen molar-refractivity contribution in [1.82, 2.24) is 10.2 Å². The second-order valence-corrected chi connectivity index (χ2v) is 4.48. The third-order valence-corrected chi connectivity index (χ3v) is 3.56. The van der Waals surface area contributed by atoms with Crippen LogP contribution in [-0.4, -0.2) is 10.2 Å². The molecule has 0 saturated carbocycles. The Kier molecular flexibility index (Phi) is 2.48. The Hall–Kier alpha value is -1.000. The third kappa shape index (κ3) is 1.51. The molecule has 0 spiro atoms. The number of hydrogen-bond donors (Lipinski definition) is 1. The van der Waals surface area contributed by atoms with E-state index in [1.54, 1.807) is 11.3 Å². The standard InChI is InChI=1S/C10H10N2S2/c1-6-7(2)10(13)12-11-9(6)8-4-3-5-14-8/h3-5H,1-2H3,(H,12,13). The zero-order valence-electron chi connectivity index (χ0n) is 8.00. The molecule has 2 aromatic rings. The molecule has 0 aliphatic rings. The lowest BCUT2D eigenvalue weighted by atomic mass is 10.1. The maximum Gasteiger partial charge on any atom is 0.122 e. The van der Waals surface area contributed by atoms with Crippen LogP contribution in [0.3, 0.4) is 0 Å². The van der Waals surface area contributed by atoms with Crippen molar-refractivity contribution in [2.24, 2.45) is 0 Å². The fourth-order valence-electron chi connectivity index (χ4n) is 1.28. The van der Waals surface area contributed by atoms with Crippen molar-refractivity contribution >= 4 is 23.6 Å². The molecule has 0 aliphatic carbocycles. The first-order chi connectivity index (χ1) is 6.70. The maximum atomic E-state index is 5.12. The van der Waals surface area contributed by atoms with Crippen LogP contribution >= 0.6 is 23.6 Å². The molecule has 0 aliphatic heterocycles. The number of thiophene rings is 1. The molecule has 0 fully saturated rings. The van der Waals surface area contributed by atoms with Crippen molar-refractivity contribution in [2.45, 2.75) is 13.8 Å². The predicted molar refractivity (Wildman–Crippen MR) is 62.2 cm³/mol. The fourth-order valence-corrected chi connectivity index (χ4v) is 2.25. The molecular weight excluding hydrogens is 212 g/mol. The second-order valence-electron chi connectivity index (χ2n) is 3.13. The van der Waals surface area contributed by atoms with E-state index < -0.39 is 0 Å². The summed E-state index contributed by atoms with van der Waals surface area (Å²) in [4.78, 5) is 1.18. The number of H-pyrrole nitrogens is 1. The Balaban J connectivity index is 2.67. The highest BCUT2D eigenvalue weighted by Gasteiger charge is 2.07. The van der Waals surface area contributed by atoms with Gasteiger partial charge >= 0.3 is 0 Å². The third-order valence-electron chi connectivity index (χ3n) is 2.28. The molecule has 0 radical (unpaired) electrons. The molecule has 1 N–H and O–H groups in total. The van der Waals surface area contributed by atoms with Crippen LogP contribution in [0.4, 0.5) is 0 Å². The monoisotopic (exact) mass is 222 g/mol. The van der Waals surface area contributed by atoms with E-state index in [1.807, 2.05) is 18.4 Å². The highest BCUT2D eigenvalue weighted by Crippen LogP contribution is 2.26. The molecule has 0 saturated heterocycles. The summed E-state index contributed by atoms with van der Waals surface area (Å²) in [5, 5.41) is 9.18. The van der Waals surface area contributed by atoms with Gasteiger partial charge in [0.25, 0.3) is 0 Å². The van der Waals surface area contributed by atoms with E-state index in [1.165, 1.54) is 4.88 Å². The quantitative estimate of drug-likeness (QED) is 0.748. The zero-order chi connectivity index (χ0) is 10.1. The van der Waals surface area contributed by atoms with E-state index in [0.717, 1.165) is 21.5 Å². The van der Waals surface area contributed by atoms with Crippen LogP contribution in [0.25, 0.3) is 10.6 Å². The molecule has 0 unspecified atom stereocenters. The van der Waals surface area contributed by atoms with Crippen LogP contribution in [-0.2, 0) is 0 Å². The lowest BCUT2D eigenvalue weighted by Gasteiger charge is -2.04. The van der Waals surface area contributed by atoms with E-state index in [0.29, 0.717) is 0 Å². The van der Waals surface area contributed by atoms with Gasteiger partial charge < -0.3 is 0 Å². The Morgan fingerprint density at radius 3 is 2.79 bits per heavy atom. The van der Waals surface area contributed by atoms with Crippen LogP contribution in [0.15, 0.2) is 17.5 Å². The molecule has 0 atom stereocenters. The van der Waals surface area contributed by atoms with Gasteiger partial charge in [-0.3, -0.25) is 5.10 Å². The van der Waals surface area contributed by atoms with Gasteiger partial charge in [0.15, 0.2) is 0 Å². The normalized spacial score (nSPS) is 10.4. The molecule has 0 bridgehead atoms. The van der Waals surface area contributed by atoms with Crippen molar-refractivity contribution < 1.29 is 0 Å². The summed E-state index contributed by atoms with van der Waals surface area (Å²) < 4.78 is 0.725. The van der Waals surface area contributed by atoms with Crippen molar-refractivity contribution in [2.75, 3.05) is 0 Å². The molecule has 14 heavy (non-hydrogen) atoms. The van der Waals surface area contributed by atoms with Crippen molar-refractivity contribution in [3.8, 4) is 10.6 Å². The fraction of sp³-hybridized carbons (Fsp3) is 0.200. The minimum absolute atomic E-state index is 0.725. The molecule has 72 valence electrons. The predicted octanol–water partition coefficient (Wildman–Crippen LogP) is 3.48. The first-order valence-corrected chi connectivity index (χ1v) is 5.58. The van der Waals surface area contributed by atoms with Gasteiger partial charge in [-0.25, -0.2) is 0 Å². The SMILES string of the molecule is Cc1c(-c2cccs2)n[nH]c(=S)c1C. The molecule has 0 aromatic carbocycles. The Morgan fingerprint density at radius 2 is 2.14 bits per heavy atom. The smallest absolute Gasteiger partial charge is 0.122 e. The Labute approximate surface area is 91.6 Å². The number of aromatic nitrogens is 2. The second kappa shape index (κ2) is 3.63. The summed E-state index contributed by atoms with van der Waals surface area (Å²) in [6.45, 7) is 4.08.